The maximum atomic E-state index is 9.47. The molecule has 1 aromatic rings. The van der Waals surface area contributed by atoms with Gasteiger partial charge in [0, 0.05) is 29.3 Å². The van der Waals surface area contributed by atoms with Crippen molar-refractivity contribution in [3.63, 3.8) is 0 Å². The second-order valence-electron chi connectivity index (χ2n) is 4.68. The molecule has 1 aliphatic heterocycles. The Hall–Kier alpha value is -0.580. The summed E-state index contributed by atoms with van der Waals surface area (Å²) in [5.41, 5.74) is 2.42. The normalized spacial score (nSPS) is 25.1. The number of hydrogen-bond acceptors (Lipinski definition) is 3. The highest BCUT2D eigenvalue weighted by Crippen LogP contribution is 2.26. The van der Waals surface area contributed by atoms with Crippen LogP contribution in [-0.2, 0) is 0 Å². The average molecular weight is 299 g/mol. The van der Waals surface area contributed by atoms with Crippen LogP contribution in [0.15, 0.2) is 22.7 Å². The molecular formula is C13H19BrN2O. The van der Waals surface area contributed by atoms with Gasteiger partial charge in [0.05, 0.1) is 12.6 Å². The molecule has 1 fully saturated rings. The zero-order valence-electron chi connectivity index (χ0n) is 10.3. The summed E-state index contributed by atoms with van der Waals surface area (Å²) < 4.78 is 1.13. The van der Waals surface area contributed by atoms with E-state index in [2.05, 4.69) is 58.2 Å². The molecule has 1 saturated heterocycles. The number of piperazine rings is 1. The Balaban J connectivity index is 2.31. The van der Waals surface area contributed by atoms with E-state index in [4.69, 9.17) is 0 Å². The second-order valence-corrected chi connectivity index (χ2v) is 5.54. The molecule has 0 bridgehead atoms. The lowest BCUT2D eigenvalue weighted by molar-refractivity contribution is 0.235. The second kappa shape index (κ2) is 5.38. The van der Waals surface area contributed by atoms with Crippen LogP contribution in [0.3, 0.4) is 0 Å². The third-order valence-electron chi connectivity index (χ3n) is 3.34. The monoisotopic (exact) mass is 298 g/mol. The van der Waals surface area contributed by atoms with E-state index in [-0.39, 0.29) is 12.6 Å². The van der Waals surface area contributed by atoms with Gasteiger partial charge < -0.3 is 15.3 Å². The molecule has 0 aromatic heterocycles. The summed E-state index contributed by atoms with van der Waals surface area (Å²) >= 11 is 3.52. The van der Waals surface area contributed by atoms with E-state index < -0.39 is 0 Å². The van der Waals surface area contributed by atoms with E-state index >= 15 is 0 Å². The van der Waals surface area contributed by atoms with Gasteiger partial charge in [0.15, 0.2) is 0 Å². The molecule has 4 heteroatoms. The average Bonchev–Trinajstić information content (AvgIpc) is 2.32. The molecule has 0 radical (unpaired) electrons. The van der Waals surface area contributed by atoms with Crippen LogP contribution in [0, 0.1) is 6.92 Å². The Morgan fingerprint density at radius 1 is 1.47 bits per heavy atom. The lowest BCUT2D eigenvalue weighted by Crippen LogP contribution is -2.58. The Labute approximate surface area is 111 Å². The minimum absolute atomic E-state index is 0.166. The summed E-state index contributed by atoms with van der Waals surface area (Å²) in [5.74, 6) is 0. The molecule has 17 heavy (non-hydrogen) atoms. The Kier molecular flexibility index (Phi) is 4.07. The van der Waals surface area contributed by atoms with Crippen molar-refractivity contribution in [2.75, 3.05) is 24.6 Å². The minimum atomic E-state index is 0.166. The van der Waals surface area contributed by atoms with E-state index in [1.54, 1.807) is 0 Å². The van der Waals surface area contributed by atoms with Crippen LogP contribution in [0.4, 0.5) is 5.69 Å². The number of halogens is 1. The van der Waals surface area contributed by atoms with Gasteiger partial charge >= 0.3 is 0 Å². The molecule has 0 aliphatic carbocycles. The molecular weight excluding hydrogens is 280 g/mol. The smallest absolute Gasteiger partial charge is 0.0649 e. The van der Waals surface area contributed by atoms with Crippen molar-refractivity contribution in [3.05, 3.63) is 28.2 Å². The molecule has 0 saturated carbocycles. The van der Waals surface area contributed by atoms with Crippen LogP contribution < -0.4 is 10.2 Å². The SMILES string of the molecule is Cc1cc(N2C(C)CNCC2CO)ccc1Br. The number of aliphatic hydroxyl groups excluding tert-OH is 1. The first-order valence-corrected chi connectivity index (χ1v) is 6.79. The standard InChI is InChI=1S/C13H19BrN2O/c1-9-5-11(3-4-13(9)14)16-10(2)6-15-7-12(16)8-17/h3-5,10,12,15,17H,6-8H2,1-2H3. The number of aryl methyl sites for hydroxylation is 1. The summed E-state index contributed by atoms with van der Waals surface area (Å²) in [7, 11) is 0. The van der Waals surface area contributed by atoms with Gasteiger partial charge in [0.2, 0.25) is 0 Å². The summed E-state index contributed by atoms with van der Waals surface area (Å²) in [4.78, 5) is 2.32. The molecule has 2 unspecified atom stereocenters. The van der Waals surface area contributed by atoms with Crippen molar-refractivity contribution in [2.24, 2.45) is 0 Å². The first kappa shape index (κ1) is 12.9. The van der Waals surface area contributed by atoms with Gasteiger partial charge in [-0.25, -0.2) is 0 Å². The van der Waals surface area contributed by atoms with Crippen molar-refractivity contribution in [1.29, 1.82) is 0 Å². The van der Waals surface area contributed by atoms with Crippen LogP contribution in [0.5, 0.6) is 0 Å². The molecule has 1 aliphatic rings. The Morgan fingerprint density at radius 2 is 2.24 bits per heavy atom. The number of aliphatic hydroxyl groups is 1. The van der Waals surface area contributed by atoms with Crippen LogP contribution in [-0.4, -0.2) is 36.9 Å². The Bertz CT molecular complexity index is 397. The van der Waals surface area contributed by atoms with Crippen LogP contribution >= 0.6 is 15.9 Å². The van der Waals surface area contributed by atoms with Crippen LogP contribution in [0.25, 0.3) is 0 Å². The zero-order valence-corrected chi connectivity index (χ0v) is 11.9. The first-order chi connectivity index (χ1) is 8.13. The molecule has 0 spiro atoms. The number of hydrogen-bond donors (Lipinski definition) is 2. The van der Waals surface area contributed by atoms with Gasteiger partial charge in [-0.05, 0) is 37.6 Å². The van der Waals surface area contributed by atoms with E-state index in [0.717, 1.165) is 17.6 Å². The maximum Gasteiger partial charge on any atom is 0.0649 e. The van der Waals surface area contributed by atoms with Gasteiger partial charge in [0.1, 0.15) is 0 Å². The molecule has 94 valence electrons. The van der Waals surface area contributed by atoms with Crippen molar-refractivity contribution < 1.29 is 5.11 Å². The van der Waals surface area contributed by atoms with Crippen molar-refractivity contribution in [2.45, 2.75) is 25.9 Å². The highest BCUT2D eigenvalue weighted by atomic mass is 79.9. The molecule has 3 nitrogen and oxygen atoms in total. The quantitative estimate of drug-likeness (QED) is 0.876. The van der Waals surface area contributed by atoms with Gasteiger partial charge in [-0.15, -0.1) is 0 Å². The topological polar surface area (TPSA) is 35.5 Å². The molecule has 0 amide bonds. The van der Waals surface area contributed by atoms with Crippen LogP contribution in [0.2, 0.25) is 0 Å². The number of benzene rings is 1. The zero-order chi connectivity index (χ0) is 12.4. The molecule has 2 rings (SSSR count). The molecule has 2 N–H and O–H groups in total. The first-order valence-electron chi connectivity index (χ1n) is 5.99. The van der Waals surface area contributed by atoms with E-state index in [1.165, 1.54) is 11.3 Å². The number of nitrogens with one attached hydrogen (secondary N) is 1. The predicted octanol–water partition coefficient (Wildman–Crippen LogP) is 1.92. The lowest BCUT2D eigenvalue weighted by Gasteiger charge is -2.42. The van der Waals surface area contributed by atoms with Crippen molar-refractivity contribution in [3.8, 4) is 0 Å². The fraction of sp³-hybridized carbons (Fsp3) is 0.538. The number of nitrogens with zero attached hydrogens (tertiary/aromatic N) is 1. The van der Waals surface area contributed by atoms with E-state index in [9.17, 15) is 5.11 Å². The lowest BCUT2D eigenvalue weighted by atomic mass is 10.1. The molecule has 2 atom stereocenters. The van der Waals surface area contributed by atoms with Gasteiger partial charge in [0.25, 0.3) is 0 Å². The predicted molar refractivity (Wildman–Crippen MR) is 74.6 cm³/mol. The fourth-order valence-electron chi connectivity index (χ4n) is 2.42. The minimum Gasteiger partial charge on any atom is -0.394 e. The number of anilines is 1. The largest absolute Gasteiger partial charge is 0.394 e. The summed E-state index contributed by atoms with van der Waals surface area (Å²) in [6, 6.07) is 6.94. The maximum absolute atomic E-state index is 9.47. The highest BCUT2D eigenvalue weighted by molar-refractivity contribution is 9.10. The van der Waals surface area contributed by atoms with Gasteiger partial charge in [-0.2, -0.15) is 0 Å². The van der Waals surface area contributed by atoms with Crippen LogP contribution in [0.1, 0.15) is 12.5 Å². The molecule has 1 heterocycles. The van der Waals surface area contributed by atoms with E-state index in [0.29, 0.717) is 6.04 Å². The highest BCUT2D eigenvalue weighted by Gasteiger charge is 2.27. The Morgan fingerprint density at radius 3 is 2.88 bits per heavy atom. The van der Waals surface area contributed by atoms with Gasteiger partial charge in [-0.3, -0.25) is 0 Å². The van der Waals surface area contributed by atoms with Crippen molar-refractivity contribution >= 4 is 21.6 Å². The summed E-state index contributed by atoms with van der Waals surface area (Å²) in [6.45, 7) is 6.27. The third-order valence-corrected chi connectivity index (χ3v) is 4.23. The van der Waals surface area contributed by atoms with E-state index in [1.807, 2.05) is 0 Å². The third kappa shape index (κ3) is 2.64. The summed E-state index contributed by atoms with van der Waals surface area (Å²) in [6.07, 6.45) is 0. The van der Waals surface area contributed by atoms with Gasteiger partial charge in [-0.1, -0.05) is 15.9 Å². The summed E-state index contributed by atoms with van der Waals surface area (Å²) in [5, 5.41) is 12.8. The number of rotatable bonds is 2. The van der Waals surface area contributed by atoms with Crippen molar-refractivity contribution in [1.82, 2.24) is 5.32 Å². The molecule has 1 aromatic carbocycles. The fourth-order valence-corrected chi connectivity index (χ4v) is 2.67.